The summed E-state index contributed by atoms with van der Waals surface area (Å²) < 4.78 is 16.8. The molecule has 2 fully saturated rings. The largest absolute Gasteiger partial charge is 0.379 e. The zero-order valence-electron chi connectivity index (χ0n) is 9.86. The van der Waals surface area contributed by atoms with Crippen LogP contribution in [0.3, 0.4) is 0 Å². The lowest BCUT2D eigenvalue weighted by Crippen LogP contribution is -2.26. The number of rotatable bonds is 5. The highest BCUT2D eigenvalue weighted by Gasteiger charge is 2.16. The van der Waals surface area contributed by atoms with Crippen LogP contribution in [0.4, 0.5) is 0 Å². The van der Waals surface area contributed by atoms with E-state index >= 15 is 0 Å². The molecule has 2 saturated heterocycles. The quantitative estimate of drug-likeness (QED) is 0.696. The van der Waals surface area contributed by atoms with Gasteiger partial charge in [0.05, 0.1) is 19.3 Å². The Bertz CT molecular complexity index is 157. The molecule has 0 bridgehead atoms. The zero-order valence-corrected chi connectivity index (χ0v) is 10.7. The van der Waals surface area contributed by atoms with Crippen molar-refractivity contribution in [3.05, 3.63) is 0 Å². The fourth-order valence-electron chi connectivity index (χ4n) is 2.08. The Kier molecular flexibility index (Phi) is 5.97. The second-order valence-corrected chi connectivity index (χ2v) is 5.64. The van der Waals surface area contributed by atoms with Gasteiger partial charge in [0, 0.05) is 19.0 Å². The molecule has 2 heterocycles. The zero-order chi connectivity index (χ0) is 11.1. The van der Waals surface area contributed by atoms with Gasteiger partial charge in [-0.25, -0.2) is 0 Å². The second kappa shape index (κ2) is 7.54. The summed E-state index contributed by atoms with van der Waals surface area (Å²) in [7, 11) is 0. The van der Waals surface area contributed by atoms with Crippen LogP contribution in [0.25, 0.3) is 0 Å². The molecule has 0 spiro atoms. The van der Waals surface area contributed by atoms with Crippen molar-refractivity contribution in [2.75, 3.05) is 32.2 Å². The third kappa shape index (κ3) is 4.62. The molecule has 0 N–H and O–H groups in total. The maximum Gasteiger partial charge on any atom is 0.103 e. The van der Waals surface area contributed by atoms with Crippen molar-refractivity contribution in [3.8, 4) is 0 Å². The van der Waals surface area contributed by atoms with Crippen LogP contribution in [0.5, 0.6) is 0 Å². The number of ether oxygens (including phenoxy) is 3. The Morgan fingerprint density at radius 1 is 1.12 bits per heavy atom. The summed E-state index contributed by atoms with van der Waals surface area (Å²) in [6, 6.07) is 0. The van der Waals surface area contributed by atoms with Crippen molar-refractivity contribution in [1.29, 1.82) is 0 Å². The maximum atomic E-state index is 5.77. The Labute approximate surface area is 102 Å². The lowest BCUT2D eigenvalue weighted by atomic mass is 10.2. The third-order valence-electron chi connectivity index (χ3n) is 3.00. The summed E-state index contributed by atoms with van der Waals surface area (Å²) in [6.07, 6.45) is 6.38. The van der Waals surface area contributed by atoms with E-state index in [1.54, 1.807) is 0 Å². The van der Waals surface area contributed by atoms with E-state index in [1.807, 2.05) is 11.8 Å². The predicted molar refractivity (Wildman–Crippen MR) is 65.8 cm³/mol. The smallest absolute Gasteiger partial charge is 0.103 e. The predicted octanol–water partition coefficient (Wildman–Crippen LogP) is 2.44. The summed E-state index contributed by atoms with van der Waals surface area (Å²) in [4.78, 5) is 0. The van der Waals surface area contributed by atoms with Gasteiger partial charge in [-0.1, -0.05) is 0 Å². The molecule has 2 rings (SSSR count). The van der Waals surface area contributed by atoms with E-state index in [4.69, 9.17) is 14.2 Å². The van der Waals surface area contributed by atoms with Crippen molar-refractivity contribution >= 4 is 11.8 Å². The first-order valence-corrected chi connectivity index (χ1v) is 7.42. The normalized spacial score (nSPS) is 31.5. The van der Waals surface area contributed by atoms with Gasteiger partial charge in [-0.15, -0.1) is 11.8 Å². The molecule has 0 aliphatic carbocycles. The Balaban J connectivity index is 1.47. The number of hydrogen-bond acceptors (Lipinski definition) is 4. The molecular weight excluding hydrogens is 224 g/mol. The minimum atomic E-state index is 0.335. The molecule has 0 amide bonds. The van der Waals surface area contributed by atoms with E-state index < -0.39 is 0 Å². The van der Waals surface area contributed by atoms with Gasteiger partial charge in [0.2, 0.25) is 0 Å². The molecule has 94 valence electrons. The van der Waals surface area contributed by atoms with Crippen LogP contribution in [-0.4, -0.2) is 43.7 Å². The molecule has 2 unspecified atom stereocenters. The van der Waals surface area contributed by atoms with E-state index in [2.05, 4.69) is 0 Å². The van der Waals surface area contributed by atoms with Crippen molar-refractivity contribution in [1.82, 2.24) is 0 Å². The first kappa shape index (κ1) is 12.7. The standard InChI is InChI=1S/C12H22O3S/c1-2-7-15-12(5-1)16-9-8-14-11-4-3-6-13-10-11/h11-12H,1-10H2. The van der Waals surface area contributed by atoms with Gasteiger partial charge in [0.15, 0.2) is 0 Å². The Morgan fingerprint density at radius 2 is 2.12 bits per heavy atom. The van der Waals surface area contributed by atoms with Gasteiger partial charge in [-0.3, -0.25) is 0 Å². The molecule has 0 saturated carbocycles. The SMILES string of the molecule is C1CCC(SCCOC2CCCOC2)OC1. The summed E-state index contributed by atoms with van der Waals surface area (Å²) in [6.45, 7) is 3.46. The summed E-state index contributed by atoms with van der Waals surface area (Å²) >= 11 is 1.90. The van der Waals surface area contributed by atoms with Crippen molar-refractivity contribution in [3.63, 3.8) is 0 Å². The highest BCUT2D eigenvalue weighted by atomic mass is 32.2. The second-order valence-electron chi connectivity index (χ2n) is 4.38. The van der Waals surface area contributed by atoms with E-state index in [9.17, 15) is 0 Å². The molecular formula is C12H22O3S. The van der Waals surface area contributed by atoms with E-state index in [-0.39, 0.29) is 0 Å². The molecule has 2 aliphatic rings. The lowest BCUT2D eigenvalue weighted by molar-refractivity contribution is -0.0450. The van der Waals surface area contributed by atoms with E-state index in [0.29, 0.717) is 11.5 Å². The maximum absolute atomic E-state index is 5.77. The highest BCUT2D eigenvalue weighted by molar-refractivity contribution is 7.99. The third-order valence-corrected chi connectivity index (χ3v) is 4.14. The van der Waals surface area contributed by atoms with Crippen LogP contribution >= 0.6 is 11.8 Å². The van der Waals surface area contributed by atoms with Gasteiger partial charge in [-0.05, 0) is 32.1 Å². The topological polar surface area (TPSA) is 27.7 Å². The molecule has 0 radical (unpaired) electrons. The van der Waals surface area contributed by atoms with Gasteiger partial charge in [0.1, 0.15) is 5.44 Å². The van der Waals surface area contributed by atoms with Crippen LogP contribution in [0, 0.1) is 0 Å². The fourth-order valence-corrected chi connectivity index (χ4v) is 3.06. The van der Waals surface area contributed by atoms with Crippen LogP contribution < -0.4 is 0 Å². The minimum Gasteiger partial charge on any atom is -0.379 e. The number of hydrogen-bond donors (Lipinski definition) is 0. The monoisotopic (exact) mass is 246 g/mol. The van der Waals surface area contributed by atoms with E-state index in [1.165, 1.54) is 19.3 Å². The Hall–Kier alpha value is 0.230. The van der Waals surface area contributed by atoms with Gasteiger partial charge in [0.25, 0.3) is 0 Å². The molecule has 2 aliphatic heterocycles. The minimum absolute atomic E-state index is 0.335. The van der Waals surface area contributed by atoms with Crippen molar-refractivity contribution in [2.24, 2.45) is 0 Å². The van der Waals surface area contributed by atoms with Gasteiger partial charge < -0.3 is 14.2 Å². The molecule has 4 heteroatoms. The number of thioether (sulfide) groups is 1. The van der Waals surface area contributed by atoms with Gasteiger partial charge >= 0.3 is 0 Å². The molecule has 2 atom stereocenters. The summed E-state index contributed by atoms with van der Waals surface area (Å²) in [5, 5.41) is 0. The molecule has 16 heavy (non-hydrogen) atoms. The molecule has 0 aromatic heterocycles. The van der Waals surface area contributed by atoms with Crippen LogP contribution in [0.2, 0.25) is 0 Å². The molecule has 0 aromatic carbocycles. The average Bonchev–Trinajstić information content (AvgIpc) is 2.37. The summed E-state index contributed by atoms with van der Waals surface area (Å²) in [5.74, 6) is 1.04. The van der Waals surface area contributed by atoms with Crippen LogP contribution in [0.1, 0.15) is 32.1 Å². The highest BCUT2D eigenvalue weighted by Crippen LogP contribution is 2.23. The average molecular weight is 246 g/mol. The lowest BCUT2D eigenvalue weighted by Gasteiger charge is -2.24. The van der Waals surface area contributed by atoms with Gasteiger partial charge in [-0.2, -0.15) is 0 Å². The van der Waals surface area contributed by atoms with Crippen LogP contribution in [0.15, 0.2) is 0 Å². The van der Waals surface area contributed by atoms with E-state index in [0.717, 1.165) is 45.0 Å². The summed E-state index contributed by atoms with van der Waals surface area (Å²) in [5.41, 5.74) is 0.417. The molecule has 3 nitrogen and oxygen atoms in total. The van der Waals surface area contributed by atoms with Crippen molar-refractivity contribution < 1.29 is 14.2 Å². The van der Waals surface area contributed by atoms with Crippen molar-refractivity contribution in [2.45, 2.75) is 43.6 Å². The first-order chi connectivity index (χ1) is 7.95. The molecule has 0 aromatic rings. The Morgan fingerprint density at radius 3 is 2.88 bits per heavy atom. The first-order valence-electron chi connectivity index (χ1n) is 6.38. The fraction of sp³-hybridized carbons (Fsp3) is 1.00. The van der Waals surface area contributed by atoms with Crippen LogP contribution in [-0.2, 0) is 14.2 Å².